The monoisotopic (exact) mass is 436 g/mol. The Bertz CT molecular complexity index is 1030. The van der Waals surface area contributed by atoms with Crippen molar-refractivity contribution in [1.82, 2.24) is 5.32 Å². The summed E-state index contributed by atoms with van der Waals surface area (Å²) in [6, 6.07) is 13.4. The highest BCUT2D eigenvalue weighted by Gasteiger charge is 2.28. The molecule has 0 saturated heterocycles. The third-order valence-corrected chi connectivity index (χ3v) is 7.25. The average molecular weight is 437 g/mol. The number of nitrogens with zero attached hydrogens (tertiary/aromatic N) is 1. The minimum atomic E-state index is -0.0955. The maximum Gasteiger partial charge on any atom is 0.264 e. The number of likely N-dealkylation sites (N-methyl/N-ethyl adjacent to an activating group) is 1. The van der Waals surface area contributed by atoms with Gasteiger partial charge in [0.2, 0.25) is 0 Å². The average Bonchev–Trinajstić information content (AvgIpc) is 2.79. The smallest absolute Gasteiger partial charge is 0.264 e. The van der Waals surface area contributed by atoms with E-state index in [0.29, 0.717) is 16.4 Å². The minimum Gasteiger partial charge on any atom is -0.496 e. The van der Waals surface area contributed by atoms with E-state index in [0.717, 1.165) is 41.2 Å². The largest absolute Gasteiger partial charge is 0.496 e. The van der Waals surface area contributed by atoms with Gasteiger partial charge in [0.1, 0.15) is 5.75 Å². The highest BCUT2D eigenvalue weighted by atomic mass is 32.2. The number of anilines is 1. The number of amides is 2. The van der Waals surface area contributed by atoms with Crippen molar-refractivity contribution in [3.8, 4) is 5.75 Å². The van der Waals surface area contributed by atoms with Crippen LogP contribution >= 0.6 is 11.8 Å². The predicted octanol–water partition coefficient (Wildman–Crippen LogP) is 5.11. The molecule has 1 aliphatic carbocycles. The van der Waals surface area contributed by atoms with Crippen molar-refractivity contribution in [2.24, 2.45) is 5.92 Å². The fourth-order valence-corrected chi connectivity index (χ4v) is 5.33. The third kappa shape index (κ3) is 4.49. The number of carbonyl (C=O) groups is 2. The standard InChI is InChI=1S/C25H28N2O3S/c1-16-8-4-6-10-19(16)26-24(28)18-12-13-22-20(14-18)27(2)25(29)23(31-22)15-17-9-5-7-11-21(17)30-3/h5,7,9,11-16,19H,4,6,8,10H2,1-3H3,(H,26,28)/b23-15+/t16-,19-/m1/s1. The molecule has 0 unspecified atom stereocenters. The molecule has 2 aliphatic rings. The number of thioether (sulfide) groups is 1. The van der Waals surface area contributed by atoms with Gasteiger partial charge < -0.3 is 15.0 Å². The third-order valence-electron chi connectivity index (χ3n) is 6.17. The molecule has 5 nitrogen and oxygen atoms in total. The zero-order valence-electron chi connectivity index (χ0n) is 18.2. The highest BCUT2D eigenvalue weighted by Crippen LogP contribution is 2.42. The van der Waals surface area contributed by atoms with Crippen molar-refractivity contribution >= 4 is 35.3 Å². The molecule has 1 N–H and O–H groups in total. The van der Waals surface area contributed by atoms with E-state index in [-0.39, 0.29) is 17.9 Å². The second-order valence-corrected chi connectivity index (χ2v) is 9.32. The van der Waals surface area contributed by atoms with Gasteiger partial charge in [-0.25, -0.2) is 0 Å². The van der Waals surface area contributed by atoms with Gasteiger partial charge in [-0.2, -0.15) is 0 Å². The molecule has 0 aromatic heterocycles. The van der Waals surface area contributed by atoms with E-state index in [1.54, 1.807) is 19.1 Å². The van der Waals surface area contributed by atoms with Crippen LogP contribution in [-0.2, 0) is 4.79 Å². The molecule has 2 aromatic carbocycles. The Kier molecular flexibility index (Phi) is 6.37. The van der Waals surface area contributed by atoms with E-state index in [1.165, 1.54) is 18.2 Å². The van der Waals surface area contributed by atoms with Crippen molar-refractivity contribution in [3.05, 3.63) is 58.5 Å². The van der Waals surface area contributed by atoms with E-state index in [1.807, 2.05) is 48.5 Å². The van der Waals surface area contributed by atoms with E-state index in [4.69, 9.17) is 4.74 Å². The van der Waals surface area contributed by atoms with Crippen LogP contribution in [-0.4, -0.2) is 32.0 Å². The number of rotatable bonds is 4. The molecule has 0 spiro atoms. The Morgan fingerprint density at radius 1 is 1.19 bits per heavy atom. The lowest BCUT2D eigenvalue weighted by molar-refractivity contribution is -0.114. The first-order valence-corrected chi connectivity index (χ1v) is 11.5. The number of hydrogen-bond acceptors (Lipinski definition) is 4. The van der Waals surface area contributed by atoms with E-state index >= 15 is 0 Å². The van der Waals surface area contributed by atoms with Crippen LogP contribution in [0.15, 0.2) is 52.3 Å². The number of ether oxygens (including phenoxy) is 1. The minimum absolute atomic E-state index is 0.0669. The normalized spacial score (nSPS) is 22.2. The topological polar surface area (TPSA) is 58.6 Å². The number of fused-ring (bicyclic) bond motifs is 1. The van der Waals surface area contributed by atoms with Gasteiger partial charge in [-0.05, 0) is 49.1 Å². The fourth-order valence-electron chi connectivity index (χ4n) is 4.24. The molecule has 6 heteroatoms. The Morgan fingerprint density at radius 2 is 1.97 bits per heavy atom. The van der Waals surface area contributed by atoms with Crippen LogP contribution in [0, 0.1) is 5.92 Å². The summed E-state index contributed by atoms with van der Waals surface area (Å²) in [4.78, 5) is 29.1. The Morgan fingerprint density at radius 3 is 2.74 bits per heavy atom. The van der Waals surface area contributed by atoms with Crippen LogP contribution in [0.4, 0.5) is 5.69 Å². The summed E-state index contributed by atoms with van der Waals surface area (Å²) >= 11 is 1.42. The molecular weight excluding hydrogens is 408 g/mol. The van der Waals surface area contributed by atoms with Crippen molar-refractivity contribution in [2.45, 2.75) is 43.5 Å². The summed E-state index contributed by atoms with van der Waals surface area (Å²) in [6.45, 7) is 2.20. The van der Waals surface area contributed by atoms with Gasteiger partial charge >= 0.3 is 0 Å². The van der Waals surface area contributed by atoms with Gasteiger partial charge in [0.15, 0.2) is 0 Å². The van der Waals surface area contributed by atoms with Crippen molar-refractivity contribution in [1.29, 1.82) is 0 Å². The SMILES string of the molecule is COc1ccccc1/C=C1/Sc2ccc(C(=O)N[C@@H]3CCCC[C@H]3C)cc2N(C)C1=O. The molecule has 2 atom stereocenters. The lowest BCUT2D eigenvalue weighted by Crippen LogP contribution is -2.41. The Balaban J connectivity index is 1.57. The number of para-hydroxylation sites is 1. The Hall–Kier alpha value is -2.73. The van der Waals surface area contributed by atoms with Gasteiger partial charge in [-0.1, -0.05) is 49.7 Å². The number of hydrogen-bond donors (Lipinski definition) is 1. The molecule has 2 amide bonds. The van der Waals surface area contributed by atoms with E-state index < -0.39 is 0 Å². The molecule has 4 rings (SSSR count). The van der Waals surface area contributed by atoms with Gasteiger partial charge in [0.25, 0.3) is 11.8 Å². The van der Waals surface area contributed by atoms with Crippen molar-refractivity contribution in [3.63, 3.8) is 0 Å². The first-order chi connectivity index (χ1) is 15.0. The molecule has 1 aliphatic heterocycles. The predicted molar refractivity (Wildman–Crippen MR) is 126 cm³/mol. The highest BCUT2D eigenvalue weighted by molar-refractivity contribution is 8.04. The zero-order chi connectivity index (χ0) is 22.0. The van der Waals surface area contributed by atoms with Crippen LogP contribution in [0.3, 0.4) is 0 Å². The van der Waals surface area contributed by atoms with Crippen LogP contribution in [0.25, 0.3) is 6.08 Å². The van der Waals surface area contributed by atoms with Gasteiger partial charge in [0.05, 0.1) is 17.7 Å². The molecule has 1 saturated carbocycles. The summed E-state index contributed by atoms with van der Waals surface area (Å²) in [5.41, 5.74) is 2.21. The zero-order valence-corrected chi connectivity index (χ0v) is 19.0. The maximum absolute atomic E-state index is 13.0. The van der Waals surface area contributed by atoms with Crippen molar-refractivity contribution < 1.29 is 14.3 Å². The summed E-state index contributed by atoms with van der Waals surface area (Å²) in [5, 5.41) is 3.20. The summed E-state index contributed by atoms with van der Waals surface area (Å²) in [5.74, 6) is 1.06. The number of benzene rings is 2. The lowest BCUT2D eigenvalue weighted by atomic mass is 9.86. The molecule has 31 heavy (non-hydrogen) atoms. The molecule has 1 heterocycles. The number of nitrogens with one attached hydrogen (secondary N) is 1. The van der Waals surface area contributed by atoms with E-state index in [2.05, 4.69) is 12.2 Å². The fraction of sp³-hybridized carbons (Fsp3) is 0.360. The van der Waals surface area contributed by atoms with Gasteiger partial charge in [0, 0.05) is 29.1 Å². The van der Waals surface area contributed by atoms with Crippen LogP contribution in [0.2, 0.25) is 0 Å². The molecule has 0 radical (unpaired) electrons. The molecule has 0 bridgehead atoms. The van der Waals surface area contributed by atoms with Crippen LogP contribution in [0.1, 0.15) is 48.5 Å². The number of methoxy groups -OCH3 is 1. The van der Waals surface area contributed by atoms with Crippen LogP contribution in [0.5, 0.6) is 5.75 Å². The second kappa shape index (κ2) is 9.18. The first-order valence-electron chi connectivity index (χ1n) is 10.7. The quantitative estimate of drug-likeness (QED) is 0.677. The van der Waals surface area contributed by atoms with Gasteiger partial charge in [-0.15, -0.1) is 0 Å². The molecule has 162 valence electrons. The Labute approximate surface area is 187 Å². The van der Waals surface area contributed by atoms with E-state index in [9.17, 15) is 9.59 Å². The lowest BCUT2D eigenvalue weighted by Gasteiger charge is -2.30. The maximum atomic E-state index is 13.0. The molecule has 1 fully saturated rings. The molecular formula is C25H28N2O3S. The van der Waals surface area contributed by atoms with Crippen LogP contribution < -0.4 is 15.0 Å². The summed E-state index contributed by atoms with van der Waals surface area (Å²) in [6.07, 6.45) is 6.44. The first kappa shape index (κ1) is 21.5. The van der Waals surface area contributed by atoms with Gasteiger partial charge in [-0.3, -0.25) is 9.59 Å². The molecule has 2 aromatic rings. The number of carbonyl (C=O) groups excluding carboxylic acids is 2. The summed E-state index contributed by atoms with van der Waals surface area (Å²) in [7, 11) is 3.37. The summed E-state index contributed by atoms with van der Waals surface area (Å²) < 4.78 is 5.41. The second-order valence-electron chi connectivity index (χ2n) is 8.24. The van der Waals surface area contributed by atoms with Crippen molar-refractivity contribution in [2.75, 3.05) is 19.1 Å².